The summed E-state index contributed by atoms with van der Waals surface area (Å²) < 4.78 is 4.94. The number of rotatable bonds is 7. The molecule has 2 aromatic rings. The fraction of sp³-hybridized carbons (Fsp3) is 0.250. The molecule has 1 aromatic heterocycles. The van der Waals surface area contributed by atoms with Crippen LogP contribution in [0, 0.1) is 0 Å². The zero-order valence-corrected chi connectivity index (χ0v) is 14.5. The van der Waals surface area contributed by atoms with Crippen LogP contribution < -0.4 is 5.32 Å². The van der Waals surface area contributed by atoms with Gasteiger partial charge in [-0.05, 0) is 42.5 Å². The van der Waals surface area contributed by atoms with Crippen molar-refractivity contribution in [2.75, 3.05) is 11.9 Å². The van der Waals surface area contributed by atoms with E-state index in [1.807, 2.05) is 17.5 Å². The second-order valence-electron chi connectivity index (χ2n) is 4.77. The van der Waals surface area contributed by atoms with Crippen LogP contribution in [0.2, 0.25) is 10.0 Å². The molecule has 0 unspecified atom stereocenters. The Morgan fingerprint density at radius 1 is 1.22 bits per heavy atom. The summed E-state index contributed by atoms with van der Waals surface area (Å²) in [5.41, 5.74) is 0.387. The van der Waals surface area contributed by atoms with Gasteiger partial charge in [-0.15, -0.1) is 11.3 Å². The lowest BCUT2D eigenvalue weighted by atomic mass is 10.2. The Labute approximate surface area is 148 Å². The molecule has 0 saturated carbocycles. The highest BCUT2D eigenvalue weighted by Gasteiger charge is 2.10. The normalized spacial score (nSPS) is 10.3. The number of hydrogen-bond donors (Lipinski definition) is 1. The molecule has 0 aliphatic heterocycles. The number of halogens is 2. The van der Waals surface area contributed by atoms with Gasteiger partial charge in [0.1, 0.15) is 0 Å². The quantitative estimate of drug-likeness (QED) is 0.725. The second kappa shape index (κ2) is 8.91. The number of amides is 1. The van der Waals surface area contributed by atoms with E-state index in [9.17, 15) is 9.59 Å². The molecule has 0 spiro atoms. The number of ether oxygens (including phenoxy) is 1. The topological polar surface area (TPSA) is 55.4 Å². The van der Waals surface area contributed by atoms with Gasteiger partial charge in [0, 0.05) is 16.3 Å². The first kappa shape index (κ1) is 17.8. The summed E-state index contributed by atoms with van der Waals surface area (Å²) in [5, 5.41) is 5.37. The van der Waals surface area contributed by atoms with Crippen LogP contribution in [0.1, 0.15) is 17.7 Å². The number of aryl methyl sites for hydroxylation is 1. The van der Waals surface area contributed by atoms with Crippen LogP contribution in [0.15, 0.2) is 35.7 Å². The van der Waals surface area contributed by atoms with E-state index in [1.54, 1.807) is 23.5 Å². The van der Waals surface area contributed by atoms with Gasteiger partial charge in [-0.3, -0.25) is 9.59 Å². The first-order valence-corrected chi connectivity index (χ1v) is 8.61. The Hall–Kier alpha value is -1.56. The summed E-state index contributed by atoms with van der Waals surface area (Å²) in [6, 6.07) is 8.73. The Bertz CT molecular complexity index is 674. The van der Waals surface area contributed by atoms with Gasteiger partial charge in [0.2, 0.25) is 0 Å². The maximum atomic E-state index is 11.8. The smallest absolute Gasteiger partial charge is 0.306 e. The lowest BCUT2D eigenvalue weighted by Crippen LogP contribution is -2.21. The predicted octanol–water partition coefficient (Wildman–Crippen LogP) is 4.56. The van der Waals surface area contributed by atoms with Gasteiger partial charge in [0.05, 0.1) is 10.7 Å². The van der Waals surface area contributed by atoms with Crippen LogP contribution in [0.5, 0.6) is 0 Å². The van der Waals surface area contributed by atoms with E-state index in [1.165, 1.54) is 10.9 Å². The van der Waals surface area contributed by atoms with E-state index in [4.69, 9.17) is 27.9 Å². The Kier molecular flexibility index (Phi) is 6.89. The molecule has 2 rings (SSSR count). The number of hydrogen-bond acceptors (Lipinski definition) is 4. The summed E-state index contributed by atoms with van der Waals surface area (Å²) in [7, 11) is 0. The standard InChI is InChI=1S/C16H15Cl2NO3S/c17-11-6-7-13(18)14(9-11)19-15(20)10-22-16(21)5-1-3-12-4-2-8-23-12/h2,4,6-9H,1,3,5,10H2,(H,19,20). The van der Waals surface area contributed by atoms with Crippen molar-refractivity contribution in [1.29, 1.82) is 0 Å². The minimum atomic E-state index is -0.458. The average Bonchev–Trinajstić information content (AvgIpc) is 3.02. The van der Waals surface area contributed by atoms with Crippen LogP contribution in [0.25, 0.3) is 0 Å². The van der Waals surface area contributed by atoms with Crippen LogP contribution >= 0.6 is 34.5 Å². The van der Waals surface area contributed by atoms with Crippen molar-refractivity contribution >= 4 is 52.1 Å². The summed E-state index contributed by atoms with van der Waals surface area (Å²) in [6.45, 7) is -0.347. The average molecular weight is 372 g/mol. The van der Waals surface area contributed by atoms with Gasteiger partial charge in [-0.25, -0.2) is 0 Å². The van der Waals surface area contributed by atoms with Crippen molar-refractivity contribution in [3.63, 3.8) is 0 Å². The van der Waals surface area contributed by atoms with Gasteiger partial charge in [-0.1, -0.05) is 29.3 Å². The Morgan fingerprint density at radius 2 is 2.04 bits per heavy atom. The second-order valence-corrected chi connectivity index (χ2v) is 6.64. The fourth-order valence-electron chi connectivity index (χ4n) is 1.86. The van der Waals surface area contributed by atoms with Gasteiger partial charge < -0.3 is 10.1 Å². The molecule has 1 N–H and O–H groups in total. The van der Waals surface area contributed by atoms with Crippen LogP contribution in [-0.2, 0) is 20.7 Å². The van der Waals surface area contributed by atoms with Crippen molar-refractivity contribution < 1.29 is 14.3 Å². The lowest BCUT2D eigenvalue weighted by molar-refractivity contribution is -0.147. The number of thiophene rings is 1. The number of carbonyl (C=O) groups is 2. The van der Waals surface area contributed by atoms with E-state index < -0.39 is 11.9 Å². The third-order valence-corrected chi connectivity index (χ3v) is 4.45. The van der Waals surface area contributed by atoms with E-state index in [-0.39, 0.29) is 13.0 Å². The van der Waals surface area contributed by atoms with Gasteiger partial charge in [0.25, 0.3) is 5.91 Å². The highest BCUT2D eigenvalue weighted by atomic mass is 35.5. The van der Waals surface area contributed by atoms with Crippen LogP contribution in [0.4, 0.5) is 5.69 Å². The molecule has 4 nitrogen and oxygen atoms in total. The first-order chi connectivity index (χ1) is 11.0. The summed E-state index contributed by atoms with van der Waals surface area (Å²) >= 11 is 13.4. The highest BCUT2D eigenvalue weighted by molar-refractivity contribution is 7.09. The summed E-state index contributed by atoms with van der Waals surface area (Å²) in [4.78, 5) is 24.6. The van der Waals surface area contributed by atoms with Gasteiger partial charge in [-0.2, -0.15) is 0 Å². The summed E-state index contributed by atoms with van der Waals surface area (Å²) in [5.74, 6) is -0.852. The number of esters is 1. The molecule has 0 atom stereocenters. The SMILES string of the molecule is O=C(COC(=O)CCCc1cccs1)Nc1cc(Cl)ccc1Cl. The lowest BCUT2D eigenvalue weighted by Gasteiger charge is -2.08. The van der Waals surface area contributed by atoms with Gasteiger partial charge >= 0.3 is 5.97 Å². The fourth-order valence-corrected chi connectivity index (χ4v) is 2.95. The maximum absolute atomic E-state index is 11.8. The van der Waals surface area contributed by atoms with Crippen molar-refractivity contribution in [1.82, 2.24) is 0 Å². The van der Waals surface area contributed by atoms with Gasteiger partial charge in [0.15, 0.2) is 6.61 Å². The molecular formula is C16H15Cl2NO3S. The number of anilines is 1. The number of nitrogens with one attached hydrogen (secondary N) is 1. The predicted molar refractivity (Wildman–Crippen MR) is 93.3 cm³/mol. The molecule has 0 aliphatic rings. The molecule has 122 valence electrons. The molecule has 0 bridgehead atoms. The zero-order chi connectivity index (χ0) is 16.7. The molecule has 0 saturated heterocycles. The monoisotopic (exact) mass is 371 g/mol. The molecule has 0 radical (unpaired) electrons. The molecular weight excluding hydrogens is 357 g/mol. The van der Waals surface area contributed by atoms with E-state index >= 15 is 0 Å². The maximum Gasteiger partial charge on any atom is 0.306 e. The van der Waals surface area contributed by atoms with Crippen LogP contribution in [-0.4, -0.2) is 18.5 Å². The molecule has 1 aromatic carbocycles. The molecule has 1 heterocycles. The summed E-state index contributed by atoms with van der Waals surface area (Å²) in [6.07, 6.45) is 1.81. The number of carbonyl (C=O) groups excluding carboxylic acids is 2. The third kappa shape index (κ3) is 6.22. The van der Waals surface area contributed by atoms with E-state index in [0.29, 0.717) is 22.2 Å². The Balaban J connectivity index is 1.69. The van der Waals surface area contributed by atoms with Crippen molar-refractivity contribution in [3.8, 4) is 0 Å². The van der Waals surface area contributed by atoms with Crippen molar-refractivity contribution in [2.24, 2.45) is 0 Å². The minimum Gasteiger partial charge on any atom is -0.456 e. The van der Waals surface area contributed by atoms with Crippen molar-refractivity contribution in [3.05, 3.63) is 50.6 Å². The van der Waals surface area contributed by atoms with Crippen molar-refractivity contribution in [2.45, 2.75) is 19.3 Å². The molecule has 23 heavy (non-hydrogen) atoms. The number of benzene rings is 1. The van der Waals surface area contributed by atoms with E-state index in [0.717, 1.165) is 6.42 Å². The van der Waals surface area contributed by atoms with Crippen LogP contribution in [0.3, 0.4) is 0 Å². The highest BCUT2D eigenvalue weighted by Crippen LogP contribution is 2.25. The molecule has 1 amide bonds. The third-order valence-electron chi connectivity index (χ3n) is 2.95. The molecule has 7 heteroatoms. The largest absolute Gasteiger partial charge is 0.456 e. The Morgan fingerprint density at radius 3 is 2.78 bits per heavy atom. The zero-order valence-electron chi connectivity index (χ0n) is 12.2. The molecule has 0 fully saturated rings. The van der Waals surface area contributed by atoms with E-state index in [2.05, 4.69) is 5.32 Å². The minimum absolute atomic E-state index is 0.281. The molecule has 0 aliphatic carbocycles. The first-order valence-electron chi connectivity index (χ1n) is 6.97.